The normalized spacial score (nSPS) is 18.0. The van der Waals surface area contributed by atoms with Gasteiger partial charge in [0.1, 0.15) is 5.75 Å². The molecule has 4 nitrogen and oxygen atoms in total. The summed E-state index contributed by atoms with van der Waals surface area (Å²) in [5, 5.41) is 0. The monoisotopic (exact) mass is 364 g/mol. The Labute approximate surface area is 161 Å². The highest BCUT2D eigenvalue weighted by Crippen LogP contribution is 2.26. The summed E-state index contributed by atoms with van der Waals surface area (Å²) < 4.78 is 5.31. The first-order chi connectivity index (χ1) is 13.2. The maximum atomic E-state index is 12.6. The molecule has 0 saturated carbocycles. The molecule has 4 rings (SSSR count). The van der Waals surface area contributed by atoms with E-state index in [1.54, 1.807) is 7.11 Å². The van der Waals surface area contributed by atoms with Crippen LogP contribution in [0.4, 0.5) is 0 Å². The molecule has 2 aliphatic heterocycles. The van der Waals surface area contributed by atoms with Crippen molar-refractivity contribution >= 4 is 5.91 Å². The molecular formula is C23H28N2O2. The standard InChI is InChI=1S/C23H28N2O2/c1-27-21-7-4-5-18(15-21)9-12-24-13-10-19(11-14-24)16-25-17-20-6-2-3-8-22(20)23(25)26/h2-8,15,19H,9-14,16-17H2,1H3. The van der Waals surface area contributed by atoms with E-state index in [1.165, 1.54) is 24.0 Å². The number of hydrogen-bond acceptors (Lipinski definition) is 3. The second kappa shape index (κ2) is 8.13. The molecule has 1 saturated heterocycles. The van der Waals surface area contributed by atoms with Crippen molar-refractivity contribution in [2.24, 2.45) is 5.92 Å². The molecular weight excluding hydrogens is 336 g/mol. The van der Waals surface area contributed by atoms with Crippen LogP contribution in [0.3, 0.4) is 0 Å². The van der Waals surface area contributed by atoms with E-state index in [0.717, 1.165) is 50.5 Å². The van der Waals surface area contributed by atoms with Crippen LogP contribution < -0.4 is 4.74 Å². The molecule has 4 heteroatoms. The molecule has 0 aromatic heterocycles. The molecule has 0 atom stereocenters. The summed E-state index contributed by atoms with van der Waals surface area (Å²) in [6.45, 7) is 5.03. The number of likely N-dealkylation sites (tertiary alicyclic amines) is 1. The van der Waals surface area contributed by atoms with Crippen molar-refractivity contribution in [2.45, 2.75) is 25.8 Å². The topological polar surface area (TPSA) is 32.8 Å². The van der Waals surface area contributed by atoms with Crippen LogP contribution in [0.1, 0.15) is 34.3 Å². The Morgan fingerprint density at radius 1 is 1.07 bits per heavy atom. The Hall–Kier alpha value is -2.33. The van der Waals surface area contributed by atoms with Crippen LogP contribution in [0.5, 0.6) is 5.75 Å². The molecule has 27 heavy (non-hydrogen) atoms. The summed E-state index contributed by atoms with van der Waals surface area (Å²) in [7, 11) is 1.72. The Kier molecular flexibility index (Phi) is 5.44. The quantitative estimate of drug-likeness (QED) is 0.785. The molecule has 2 aromatic rings. The van der Waals surface area contributed by atoms with Crippen molar-refractivity contribution in [2.75, 3.05) is 33.3 Å². The van der Waals surface area contributed by atoms with E-state index in [9.17, 15) is 4.79 Å². The summed E-state index contributed by atoms with van der Waals surface area (Å²) in [4.78, 5) is 17.1. The third-order valence-corrected chi connectivity index (χ3v) is 5.93. The van der Waals surface area contributed by atoms with E-state index in [1.807, 2.05) is 29.2 Å². The van der Waals surface area contributed by atoms with E-state index >= 15 is 0 Å². The van der Waals surface area contributed by atoms with E-state index < -0.39 is 0 Å². The van der Waals surface area contributed by atoms with Gasteiger partial charge in [-0.3, -0.25) is 4.79 Å². The van der Waals surface area contributed by atoms with E-state index in [0.29, 0.717) is 5.92 Å². The van der Waals surface area contributed by atoms with Gasteiger partial charge in [0.2, 0.25) is 0 Å². The number of rotatable bonds is 6. The number of piperidine rings is 1. The highest BCUT2D eigenvalue weighted by molar-refractivity contribution is 5.98. The molecule has 0 aliphatic carbocycles. The Morgan fingerprint density at radius 2 is 1.89 bits per heavy atom. The van der Waals surface area contributed by atoms with Crippen molar-refractivity contribution in [1.29, 1.82) is 0 Å². The van der Waals surface area contributed by atoms with Crippen molar-refractivity contribution in [1.82, 2.24) is 9.80 Å². The third-order valence-electron chi connectivity index (χ3n) is 5.93. The molecule has 0 unspecified atom stereocenters. The van der Waals surface area contributed by atoms with Gasteiger partial charge in [0.15, 0.2) is 0 Å². The minimum atomic E-state index is 0.214. The van der Waals surface area contributed by atoms with Crippen molar-refractivity contribution < 1.29 is 9.53 Å². The lowest BCUT2D eigenvalue weighted by Gasteiger charge is -2.33. The second-order valence-corrected chi connectivity index (χ2v) is 7.73. The molecule has 0 spiro atoms. The molecule has 0 radical (unpaired) electrons. The van der Waals surface area contributed by atoms with Gasteiger partial charge in [0, 0.05) is 25.2 Å². The lowest BCUT2D eigenvalue weighted by molar-refractivity contribution is 0.0714. The van der Waals surface area contributed by atoms with Crippen LogP contribution in [0.15, 0.2) is 48.5 Å². The number of amides is 1. The summed E-state index contributed by atoms with van der Waals surface area (Å²) >= 11 is 0. The summed E-state index contributed by atoms with van der Waals surface area (Å²) in [5.41, 5.74) is 3.41. The van der Waals surface area contributed by atoms with Gasteiger partial charge >= 0.3 is 0 Å². The average molecular weight is 364 g/mol. The minimum absolute atomic E-state index is 0.214. The zero-order chi connectivity index (χ0) is 18.6. The molecule has 1 fully saturated rings. The molecule has 2 heterocycles. The largest absolute Gasteiger partial charge is 0.497 e. The highest BCUT2D eigenvalue weighted by Gasteiger charge is 2.29. The number of methoxy groups -OCH3 is 1. The van der Waals surface area contributed by atoms with Crippen LogP contribution in [-0.2, 0) is 13.0 Å². The summed E-state index contributed by atoms with van der Waals surface area (Å²) in [5.74, 6) is 1.77. The van der Waals surface area contributed by atoms with E-state index in [-0.39, 0.29) is 5.91 Å². The SMILES string of the molecule is COc1cccc(CCN2CCC(CN3Cc4ccccc4C3=O)CC2)c1. The number of nitrogens with zero attached hydrogens (tertiary/aromatic N) is 2. The maximum absolute atomic E-state index is 12.6. The van der Waals surface area contributed by atoms with Crippen molar-refractivity contribution in [3.05, 3.63) is 65.2 Å². The Balaban J connectivity index is 1.23. The number of fused-ring (bicyclic) bond motifs is 1. The molecule has 0 N–H and O–H groups in total. The number of benzene rings is 2. The average Bonchev–Trinajstić information content (AvgIpc) is 3.03. The highest BCUT2D eigenvalue weighted by atomic mass is 16.5. The minimum Gasteiger partial charge on any atom is -0.497 e. The van der Waals surface area contributed by atoms with Gasteiger partial charge in [-0.05, 0) is 67.6 Å². The Bertz CT molecular complexity index is 796. The first-order valence-electron chi connectivity index (χ1n) is 9.95. The zero-order valence-corrected chi connectivity index (χ0v) is 16.1. The van der Waals surface area contributed by atoms with Crippen LogP contribution in [0.25, 0.3) is 0 Å². The number of carbonyl (C=O) groups is 1. The fraction of sp³-hybridized carbons (Fsp3) is 0.435. The van der Waals surface area contributed by atoms with E-state index in [2.05, 4.69) is 29.2 Å². The predicted octanol–water partition coefficient (Wildman–Crippen LogP) is 3.61. The Morgan fingerprint density at radius 3 is 2.67 bits per heavy atom. The first kappa shape index (κ1) is 18.1. The fourth-order valence-electron chi connectivity index (χ4n) is 4.28. The van der Waals surface area contributed by atoms with Gasteiger partial charge in [-0.1, -0.05) is 30.3 Å². The summed E-state index contributed by atoms with van der Waals surface area (Å²) in [6.07, 6.45) is 3.41. The molecule has 2 aliphatic rings. The van der Waals surface area contributed by atoms with Gasteiger partial charge < -0.3 is 14.5 Å². The number of hydrogen-bond donors (Lipinski definition) is 0. The number of carbonyl (C=O) groups excluding carboxylic acids is 1. The first-order valence-corrected chi connectivity index (χ1v) is 9.95. The predicted molar refractivity (Wildman–Crippen MR) is 107 cm³/mol. The van der Waals surface area contributed by atoms with Gasteiger partial charge in [-0.2, -0.15) is 0 Å². The second-order valence-electron chi connectivity index (χ2n) is 7.73. The number of ether oxygens (including phenoxy) is 1. The third kappa shape index (κ3) is 4.16. The summed E-state index contributed by atoms with van der Waals surface area (Å²) in [6, 6.07) is 16.4. The molecule has 1 amide bonds. The van der Waals surface area contributed by atoms with Crippen LogP contribution in [0, 0.1) is 5.92 Å². The van der Waals surface area contributed by atoms with Crippen LogP contribution in [-0.4, -0.2) is 49.0 Å². The molecule has 2 aromatic carbocycles. The molecule has 142 valence electrons. The lowest BCUT2D eigenvalue weighted by atomic mass is 9.96. The zero-order valence-electron chi connectivity index (χ0n) is 16.1. The van der Waals surface area contributed by atoms with Gasteiger partial charge in [0.05, 0.1) is 7.11 Å². The van der Waals surface area contributed by atoms with Gasteiger partial charge in [-0.15, -0.1) is 0 Å². The lowest BCUT2D eigenvalue weighted by Crippen LogP contribution is -2.39. The van der Waals surface area contributed by atoms with Crippen molar-refractivity contribution in [3.63, 3.8) is 0 Å². The smallest absolute Gasteiger partial charge is 0.254 e. The maximum Gasteiger partial charge on any atom is 0.254 e. The van der Waals surface area contributed by atoms with Gasteiger partial charge in [-0.25, -0.2) is 0 Å². The van der Waals surface area contributed by atoms with Crippen molar-refractivity contribution in [3.8, 4) is 5.75 Å². The van der Waals surface area contributed by atoms with Crippen LogP contribution in [0.2, 0.25) is 0 Å². The van der Waals surface area contributed by atoms with Gasteiger partial charge in [0.25, 0.3) is 5.91 Å². The fourth-order valence-corrected chi connectivity index (χ4v) is 4.28. The molecule has 0 bridgehead atoms. The van der Waals surface area contributed by atoms with Crippen LogP contribution >= 0.6 is 0 Å². The van der Waals surface area contributed by atoms with E-state index in [4.69, 9.17) is 4.74 Å².